The fourth-order valence-corrected chi connectivity index (χ4v) is 3.71. The molecule has 1 heterocycles. The molecular weight excluding hydrogens is 414 g/mol. The normalized spacial score (nSPS) is 10.6. The third-order valence-corrected chi connectivity index (χ3v) is 5.63. The molecule has 162 valence electrons. The zero-order valence-electron chi connectivity index (χ0n) is 17.9. The molecule has 2 N–H and O–H groups in total. The van der Waals surface area contributed by atoms with Gasteiger partial charge in [-0.25, -0.2) is 0 Å². The van der Waals surface area contributed by atoms with Crippen molar-refractivity contribution in [1.82, 2.24) is 14.8 Å². The summed E-state index contributed by atoms with van der Waals surface area (Å²) in [6.45, 7) is 3.96. The minimum Gasteiger partial charge on any atom is -0.495 e. The van der Waals surface area contributed by atoms with Crippen LogP contribution >= 0.6 is 11.8 Å². The summed E-state index contributed by atoms with van der Waals surface area (Å²) in [5.74, 6) is 0.907. The van der Waals surface area contributed by atoms with Crippen LogP contribution in [0.3, 0.4) is 0 Å². The van der Waals surface area contributed by atoms with Crippen LogP contribution in [0.1, 0.15) is 17.0 Å². The molecule has 2 amide bonds. The van der Waals surface area contributed by atoms with E-state index in [4.69, 9.17) is 4.74 Å². The fraction of sp³-hybridized carbons (Fsp3) is 0.273. The van der Waals surface area contributed by atoms with Crippen LogP contribution in [-0.4, -0.2) is 39.4 Å². The van der Waals surface area contributed by atoms with Crippen molar-refractivity contribution in [1.29, 1.82) is 0 Å². The van der Waals surface area contributed by atoms with Gasteiger partial charge >= 0.3 is 0 Å². The summed E-state index contributed by atoms with van der Waals surface area (Å²) < 4.78 is 6.96. The van der Waals surface area contributed by atoms with E-state index in [1.165, 1.54) is 11.8 Å². The maximum atomic E-state index is 12.4. The fourth-order valence-electron chi connectivity index (χ4n) is 2.98. The molecule has 9 heteroatoms. The number of methoxy groups -OCH3 is 1. The van der Waals surface area contributed by atoms with Crippen LogP contribution in [0.25, 0.3) is 0 Å². The molecule has 0 fully saturated rings. The van der Waals surface area contributed by atoms with E-state index in [1.807, 2.05) is 44.2 Å². The lowest BCUT2D eigenvalue weighted by Gasteiger charge is -2.10. The van der Waals surface area contributed by atoms with E-state index >= 15 is 0 Å². The third kappa shape index (κ3) is 5.85. The Hall–Kier alpha value is -3.33. The number of anilines is 2. The highest BCUT2D eigenvalue weighted by atomic mass is 32.2. The molecule has 0 atom stereocenters. The monoisotopic (exact) mass is 439 g/mol. The quantitative estimate of drug-likeness (QED) is 0.523. The average Bonchev–Trinajstić information content (AvgIpc) is 3.08. The summed E-state index contributed by atoms with van der Waals surface area (Å²) in [4.78, 5) is 24.7. The number of hydrogen-bond acceptors (Lipinski definition) is 6. The third-order valence-electron chi connectivity index (χ3n) is 4.61. The molecule has 0 aliphatic carbocycles. The van der Waals surface area contributed by atoms with Gasteiger partial charge in [0.1, 0.15) is 11.6 Å². The van der Waals surface area contributed by atoms with Crippen molar-refractivity contribution in [2.45, 2.75) is 25.4 Å². The van der Waals surface area contributed by atoms with E-state index in [2.05, 4.69) is 20.8 Å². The number of carbonyl (C=O) groups is 2. The summed E-state index contributed by atoms with van der Waals surface area (Å²) in [7, 11) is 3.33. The van der Waals surface area contributed by atoms with E-state index < -0.39 is 0 Å². The second-order valence-electron chi connectivity index (χ2n) is 7.04. The lowest BCUT2D eigenvalue weighted by atomic mass is 10.1. The first-order chi connectivity index (χ1) is 14.9. The van der Waals surface area contributed by atoms with Crippen molar-refractivity contribution >= 4 is 35.0 Å². The van der Waals surface area contributed by atoms with Crippen molar-refractivity contribution in [2.24, 2.45) is 7.05 Å². The molecule has 0 unspecified atom stereocenters. The maximum absolute atomic E-state index is 12.4. The van der Waals surface area contributed by atoms with Gasteiger partial charge in [0, 0.05) is 12.7 Å². The largest absolute Gasteiger partial charge is 0.495 e. The number of aryl methyl sites for hydroxylation is 2. The summed E-state index contributed by atoms with van der Waals surface area (Å²) in [5, 5.41) is 14.5. The van der Waals surface area contributed by atoms with Crippen LogP contribution in [0.15, 0.2) is 47.6 Å². The summed E-state index contributed by atoms with van der Waals surface area (Å²) in [6, 6.07) is 13.1. The highest BCUT2D eigenvalue weighted by Gasteiger charge is 2.15. The van der Waals surface area contributed by atoms with Gasteiger partial charge in [-0.1, -0.05) is 41.6 Å². The van der Waals surface area contributed by atoms with Crippen molar-refractivity contribution < 1.29 is 14.3 Å². The number of para-hydroxylation sites is 2. The molecule has 0 radical (unpaired) electrons. The van der Waals surface area contributed by atoms with E-state index in [9.17, 15) is 9.59 Å². The molecule has 8 nitrogen and oxygen atoms in total. The minimum absolute atomic E-state index is 0.0881. The molecule has 0 bridgehead atoms. The number of rotatable bonds is 8. The summed E-state index contributed by atoms with van der Waals surface area (Å²) in [6.07, 6.45) is 0.0881. The Morgan fingerprint density at radius 2 is 1.77 bits per heavy atom. The smallest absolute Gasteiger partial charge is 0.234 e. The second kappa shape index (κ2) is 10.1. The highest BCUT2D eigenvalue weighted by molar-refractivity contribution is 7.99. The van der Waals surface area contributed by atoms with Gasteiger partial charge < -0.3 is 19.9 Å². The van der Waals surface area contributed by atoms with Gasteiger partial charge in [-0.3, -0.25) is 9.59 Å². The van der Waals surface area contributed by atoms with Gasteiger partial charge in [0.25, 0.3) is 0 Å². The SMILES string of the molecule is COc1ccccc1NC(=O)CSc1nnc(CC(=O)Nc2ccc(C)cc2C)n1C. The predicted molar refractivity (Wildman–Crippen MR) is 122 cm³/mol. The Balaban J connectivity index is 1.56. The average molecular weight is 440 g/mol. The Bertz CT molecular complexity index is 1100. The van der Waals surface area contributed by atoms with Gasteiger partial charge in [-0.05, 0) is 37.6 Å². The van der Waals surface area contributed by atoms with Crippen LogP contribution in [0.5, 0.6) is 5.75 Å². The Kier molecular flexibility index (Phi) is 7.30. The number of nitrogens with zero attached hydrogens (tertiary/aromatic N) is 3. The number of nitrogens with one attached hydrogen (secondary N) is 2. The lowest BCUT2D eigenvalue weighted by Crippen LogP contribution is -2.18. The van der Waals surface area contributed by atoms with Gasteiger partial charge in [0.15, 0.2) is 5.16 Å². The van der Waals surface area contributed by atoms with Crippen molar-refractivity contribution in [2.75, 3.05) is 23.5 Å². The number of hydrogen-bond donors (Lipinski definition) is 2. The van der Waals surface area contributed by atoms with Crippen LogP contribution in [-0.2, 0) is 23.1 Å². The Labute approximate surface area is 185 Å². The van der Waals surface area contributed by atoms with E-state index in [1.54, 1.807) is 30.9 Å². The molecule has 1 aromatic heterocycles. The molecule has 0 saturated heterocycles. The Morgan fingerprint density at radius 1 is 1.03 bits per heavy atom. The van der Waals surface area contributed by atoms with Gasteiger partial charge in [-0.15, -0.1) is 10.2 Å². The topological polar surface area (TPSA) is 98.1 Å². The van der Waals surface area contributed by atoms with Crippen LogP contribution in [0.2, 0.25) is 0 Å². The van der Waals surface area contributed by atoms with Gasteiger partial charge in [0.2, 0.25) is 11.8 Å². The van der Waals surface area contributed by atoms with Crippen molar-refractivity contribution in [3.05, 3.63) is 59.4 Å². The van der Waals surface area contributed by atoms with E-state index in [0.717, 1.165) is 16.8 Å². The number of thioether (sulfide) groups is 1. The molecule has 0 aliphatic heterocycles. The first-order valence-electron chi connectivity index (χ1n) is 9.68. The minimum atomic E-state index is -0.188. The molecule has 31 heavy (non-hydrogen) atoms. The molecule has 0 saturated carbocycles. The summed E-state index contributed by atoms with van der Waals surface area (Å²) in [5.41, 5.74) is 3.53. The number of carbonyl (C=O) groups excluding carboxylic acids is 2. The van der Waals surface area contributed by atoms with Crippen LogP contribution < -0.4 is 15.4 Å². The first-order valence-corrected chi connectivity index (χ1v) is 10.7. The zero-order chi connectivity index (χ0) is 22.4. The number of benzene rings is 2. The molecule has 0 aliphatic rings. The molecule has 0 spiro atoms. The second-order valence-corrected chi connectivity index (χ2v) is 7.98. The molecule has 2 aromatic carbocycles. The summed E-state index contributed by atoms with van der Waals surface area (Å²) >= 11 is 1.25. The van der Waals surface area contributed by atoms with Crippen LogP contribution in [0.4, 0.5) is 11.4 Å². The van der Waals surface area contributed by atoms with Crippen molar-refractivity contribution in [3.8, 4) is 5.75 Å². The van der Waals surface area contributed by atoms with Crippen LogP contribution in [0, 0.1) is 13.8 Å². The van der Waals surface area contributed by atoms with E-state index in [-0.39, 0.29) is 24.0 Å². The Morgan fingerprint density at radius 3 is 2.52 bits per heavy atom. The number of amides is 2. The van der Waals surface area contributed by atoms with Gasteiger partial charge in [-0.2, -0.15) is 0 Å². The molecule has 3 rings (SSSR count). The first kappa shape index (κ1) is 22.4. The zero-order valence-corrected chi connectivity index (χ0v) is 18.7. The molecular formula is C22H25N5O3S. The highest BCUT2D eigenvalue weighted by Crippen LogP contribution is 2.24. The van der Waals surface area contributed by atoms with Gasteiger partial charge in [0.05, 0.1) is 25.0 Å². The van der Waals surface area contributed by atoms with E-state index in [0.29, 0.717) is 22.4 Å². The standard InChI is InChI=1S/C22H25N5O3S/c1-14-9-10-16(15(2)11-14)23-20(28)12-19-25-26-22(27(19)3)31-13-21(29)24-17-7-5-6-8-18(17)30-4/h5-11H,12-13H2,1-4H3,(H,23,28)(H,24,29). The van der Waals surface area contributed by atoms with Crippen molar-refractivity contribution in [3.63, 3.8) is 0 Å². The predicted octanol–water partition coefficient (Wildman–Crippen LogP) is 3.35. The lowest BCUT2D eigenvalue weighted by molar-refractivity contribution is -0.116. The number of aromatic nitrogens is 3. The molecule has 3 aromatic rings. The number of ether oxygens (including phenoxy) is 1. The maximum Gasteiger partial charge on any atom is 0.234 e.